The quantitative estimate of drug-likeness (QED) is 0.405. The van der Waals surface area contributed by atoms with E-state index in [2.05, 4.69) is 6.92 Å². The summed E-state index contributed by atoms with van der Waals surface area (Å²) in [4.78, 5) is 0. The number of aliphatic hydroxyl groups is 2. The summed E-state index contributed by atoms with van der Waals surface area (Å²) in [5.74, 6) is 0. The van der Waals surface area contributed by atoms with Gasteiger partial charge in [-0.05, 0) is 6.42 Å². The Balaban J connectivity index is 3.05. The molecule has 0 spiro atoms. The summed E-state index contributed by atoms with van der Waals surface area (Å²) in [5.41, 5.74) is 0. The third-order valence-electron chi connectivity index (χ3n) is 3.50. The number of rotatable bonds is 17. The zero-order chi connectivity index (χ0) is 15.6. The Kier molecular flexibility index (Phi) is 17.8. The third-order valence-corrected chi connectivity index (χ3v) is 3.50. The van der Waals surface area contributed by atoms with Gasteiger partial charge in [0.2, 0.25) is 0 Å². The van der Waals surface area contributed by atoms with E-state index in [0.29, 0.717) is 13.2 Å². The zero-order valence-corrected chi connectivity index (χ0v) is 13.9. The molecule has 128 valence electrons. The maximum absolute atomic E-state index is 9.51. The molecular weight excluding hydrogens is 268 g/mol. The van der Waals surface area contributed by atoms with Crippen molar-refractivity contribution in [1.29, 1.82) is 0 Å². The summed E-state index contributed by atoms with van der Waals surface area (Å²) in [6, 6.07) is 0. The molecule has 0 aliphatic rings. The standard InChI is InChI=1S/C17H36O4/c1-2-3-4-5-6-7-8-9-10-11-13-20-15-17(19)16-21-14-12-18/h17-19H,2-16H2,1H3. The first-order valence-corrected chi connectivity index (χ1v) is 8.75. The molecule has 0 aromatic heterocycles. The lowest BCUT2D eigenvalue weighted by atomic mass is 10.1. The summed E-state index contributed by atoms with van der Waals surface area (Å²) in [6.45, 7) is 3.79. The minimum Gasteiger partial charge on any atom is -0.394 e. The van der Waals surface area contributed by atoms with E-state index in [0.717, 1.165) is 6.42 Å². The second-order valence-electron chi connectivity index (χ2n) is 5.71. The van der Waals surface area contributed by atoms with Gasteiger partial charge < -0.3 is 19.7 Å². The van der Waals surface area contributed by atoms with Crippen LogP contribution in [0.15, 0.2) is 0 Å². The Morgan fingerprint density at radius 3 is 1.71 bits per heavy atom. The van der Waals surface area contributed by atoms with Gasteiger partial charge in [-0.1, -0.05) is 64.7 Å². The van der Waals surface area contributed by atoms with Gasteiger partial charge in [0.1, 0.15) is 6.10 Å². The molecule has 0 heterocycles. The van der Waals surface area contributed by atoms with Crippen molar-refractivity contribution in [3.05, 3.63) is 0 Å². The van der Waals surface area contributed by atoms with E-state index in [-0.39, 0.29) is 19.8 Å². The predicted octanol–water partition coefficient (Wildman–Crippen LogP) is 3.29. The largest absolute Gasteiger partial charge is 0.394 e. The Labute approximate surface area is 130 Å². The molecule has 0 saturated heterocycles. The third kappa shape index (κ3) is 17.8. The highest BCUT2D eigenvalue weighted by atomic mass is 16.5. The lowest BCUT2D eigenvalue weighted by Crippen LogP contribution is -2.22. The molecule has 0 radical (unpaired) electrons. The maximum Gasteiger partial charge on any atom is 0.101 e. The van der Waals surface area contributed by atoms with Crippen molar-refractivity contribution in [2.45, 2.75) is 77.2 Å². The first kappa shape index (κ1) is 20.8. The molecule has 0 amide bonds. The summed E-state index contributed by atoms with van der Waals surface area (Å²) >= 11 is 0. The predicted molar refractivity (Wildman–Crippen MR) is 86.6 cm³/mol. The molecule has 0 aromatic carbocycles. The molecule has 0 bridgehead atoms. The normalized spacial score (nSPS) is 12.7. The van der Waals surface area contributed by atoms with Crippen LogP contribution in [-0.4, -0.2) is 49.4 Å². The fourth-order valence-corrected chi connectivity index (χ4v) is 2.24. The molecule has 0 saturated carbocycles. The lowest BCUT2D eigenvalue weighted by Gasteiger charge is -2.11. The second kappa shape index (κ2) is 17.9. The number of hydrogen-bond acceptors (Lipinski definition) is 4. The van der Waals surface area contributed by atoms with E-state index < -0.39 is 6.10 Å². The van der Waals surface area contributed by atoms with Crippen LogP contribution in [0.1, 0.15) is 71.1 Å². The van der Waals surface area contributed by atoms with Crippen LogP contribution in [0.4, 0.5) is 0 Å². The van der Waals surface area contributed by atoms with Gasteiger partial charge in [-0.15, -0.1) is 0 Å². The van der Waals surface area contributed by atoms with E-state index >= 15 is 0 Å². The Morgan fingerprint density at radius 2 is 1.19 bits per heavy atom. The number of aliphatic hydroxyl groups excluding tert-OH is 2. The Bertz CT molecular complexity index is 188. The molecule has 4 nitrogen and oxygen atoms in total. The lowest BCUT2D eigenvalue weighted by molar-refractivity contribution is -0.0256. The number of hydrogen-bond donors (Lipinski definition) is 2. The van der Waals surface area contributed by atoms with Crippen LogP contribution >= 0.6 is 0 Å². The summed E-state index contributed by atoms with van der Waals surface area (Å²) < 4.78 is 10.4. The van der Waals surface area contributed by atoms with Gasteiger partial charge in [0.05, 0.1) is 26.4 Å². The van der Waals surface area contributed by atoms with Crippen molar-refractivity contribution in [2.24, 2.45) is 0 Å². The minimum absolute atomic E-state index is 0.00776. The molecule has 0 rings (SSSR count). The topological polar surface area (TPSA) is 58.9 Å². The fourth-order valence-electron chi connectivity index (χ4n) is 2.24. The molecule has 0 aromatic rings. The van der Waals surface area contributed by atoms with E-state index in [1.54, 1.807) is 0 Å². The van der Waals surface area contributed by atoms with Gasteiger partial charge in [0.15, 0.2) is 0 Å². The van der Waals surface area contributed by atoms with Crippen molar-refractivity contribution >= 4 is 0 Å². The van der Waals surface area contributed by atoms with Crippen molar-refractivity contribution in [3.63, 3.8) is 0 Å². The van der Waals surface area contributed by atoms with Gasteiger partial charge in [0.25, 0.3) is 0 Å². The molecule has 1 atom stereocenters. The number of ether oxygens (including phenoxy) is 2. The van der Waals surface area contributed by atoms with Crippen molar-refractivity contribution in [1.82, 2.24) is 0 Å². The van der Waals surface area contributed by atoms with Crippen LogP contribution in [0.5, 0.6) is 0 Å². The van der Waals surface area contributed by atoms with Crippen LogP contribution in [0.25, 0.3) is 0 Å². The van der Waals surface area contributed by atoms with Crippen molar-refractivity contribution in [3.8, 4) is 0 Å². The van der Waals surface area contributed by atoms with Gasteiger partial charge in [-0.2, -0.15) is 0 Å². The molecule has 0 fully saturated rings. The molecule has 21 heavy (non-hydrogen) atoms. The average Bonchev–Trinajstić information content (AvgIpc) is 2.48. The molecular formula is C17H36O4. The Morgan fingerprint density at radius 1 is 0.714 bits per heavy atom. The SMILES string of the molecule is CCCCCCCCCCCCOCC(O)COCCO. The monoisotopic (exact) mass is 304 g/mol. The first-order valence-electron chi connectivity index (χ1n) is 8.75. The molecule has 1 unspecified atom stereocenters. The maximum atomic E-state index is 9.51. The first-order chi connectivity index (χ1) is 10.3. The van der Waals surface area contributed by atoms with Crippen molar-refractivity contribution < 1.29 is 19.7 Å². The van der Waals surface area contributed by atoms with E-state index in [9.17, 15) is 5.11 Å². The van der Waals surface area contributed by atoms with Crippen LogP contribution in [0, 0.1) is 0 Å². The van der Waals surface area contributed by atoms with E-state index in [4.69, 9.17) is 14.6 Å². The van der Waals surface area contributed by atoms with Crippen LogP contribution in [0.2, 0.25) is 0 Å². The highest BCUT2D eigenvalue weighted by Crippen LogP contribution is 2.10. The van der Waals surface area contributed by atoms with Gasteiger partial charge >= 0.3 is 0 Å². The molecule has 4 heteroatoms. The summed E-state index contributed by atoms with van der Waals surface area (Å²) in [6.07, 6.45) is 12.6. The highest BCUT2D eigenvalue weighted by Gasteiger charge is 2.03. The van der Waals surface area contributed by atoms with Gasteiger partial charge in [-0.25, -0.2) is 0 Å². The second-order valence-corrected chi connectivity index (χ2v) is 5.71. The van der Waals surface area contributed by atoms with Crippen LogP contribution < -0.4 is 0 Å². The average molecular weight is 304 g/mol. The van der Waals surface area contributed by atoms with Crippen LogP contribution in [0.3, 0.4) is 0 Å². The summed E-state index contributed by atoms with van der Waals surface area (Å²) in [5, 5.41) is 18.0. The van der Waals surface area contributed by atoms with E-state index in [1.165, 1.54) is 57.8 Å². The Hall–Kier alpha value is -0.160. The molecule has 2 N–H and O–H groups in total. The zero-order valence-electron chi connectivity index (χ0n) is 13.9. The fraction of sp³-hybridized carbons (Fsp3) is 1.00. The minimum atomic E-state index is -0.584. The smallest absolute Gasteiger partial charge is 0.101 e. The van der Waals surface area contributed by atoms with Gasteiger partial charge in [0, 0.05) is 6.61 Å². The number of unbranched alkanes of at least 4 members (excludes halogenated alkanes) is 9. The van der Waals surface area contributed by atoms with Crippen molar-refractivity contribution in [2.75, 3.05) is 33.0 Å². The summed E-state index contributed by atoms with van der Waals surface area (Å²) in [7, 11) is 0. The molecule has 0 aliphatic carbocycles. The van der Waals surface area contributed by atoms with Crippen LogP contribution in [-0.2, 0) is 9.47 Å². The van der Waals surface area contributed by atoms with E-state index in [1.807, 2.05) is 0 Å². The molecule has 0 aliphatic heterocycles. The highest BCUT2D eigenvalue weighted by molar-refractivity contribution is 4.52. The van der Waals surface area contributed by atoms with Gasteiger partial charge in [-0.3, -0.25) is 0 Å².